The largest absolute Gasteiger partial charge is 0.497 e. The van der Waals surface area contributed by atoms with Crippen molar-refractivity contribution in [3.63, 3.8) is 0 Å². The van der Waals surface area contributed by atoms with Crippen LogP contribution >= 0.6 is 0 Å². The summed E-state index contributed by atoms with van der Waals surface area (Å²) in [4.78, 5) is 17.3. The van der Waals surface area contributed by atoms with E-state index in [0.29, 0.717) is 41.0 Å². The molecule has 160 valence electrons. The Labute approximate surface area is 176 Å². The lowest BCUT2D eigenvalue weighted by molar-refractivity contribution is 0.0975. The maximum Gasteiger partial charge on any atom is 0.258 e. The molecule has 0 bridgehead atoms. The Hall–Kier alpha value is -3.26. The lowest BCUT2D eigenvalue weighted by atomic mass is 10.2. The lowest BCUT2D eigenvalue weighted by Gasteiger charge is -2.15. The smallest absolute Gasteiger partial charge is 0.258 e. The van der Waals surface area contributed by atoms with Crippen molar-refractivity contribution >= 4 is 17.6 Å². The molecule has 1 heterocycles. The molecule has 2 aromatic rings. The van der Waals surface area contributed by atoms with Crippen molar-refractivity contribution in [2.75, 3.05) is 39.8 Å². The highest BCUT2D eigenvalue weighted by atomic mass is 16.5. The maximum absolute atomic E-state index is 12.8. The lowest BCUT2D eigenvalue weighted by Crippen LogP contribution is -2.36. The van der Waals surface area contributed by atoms with Crippen LogP contribution in [0.1, 0.15) is 23.2 Å². The molecule has 1 aliphatic heterocycles. The minimum Gasteiger partial charge on any atom is -0.497 e. The number of methoxy groups -OCH3 is 3. The molecule has 1 aliphatic rings. The summed E-state index contributed by atoms with van der Waals surface area (Å²) in [6.07, 6.45) is 2.02. The van der Waals surface area contributed by atoms with Crippen LogP contribution in [0.15, 0.2) is 47.5 Å². The maximum atomic E-state index is 12.8. The van der Waals surface area contributed by atoms with E-state index in [2.05, 4.69) is 15.6 Å². The van der Waals surface area contributed by atoms with Gasteiger partial charge in [0, 0.05) is 36.1 Å². The van der Waals surface area contributed by atoms with Gasteiger partial charge in [-0.05, 0) is 31.0 Å². The molecule has 0 spiro atoms. The summed E-state index contributed by atoms with van der Waals surface area (Å²) in [6, 6.07) is 12.3. The number of hydrogen-bond donors (Lipinski definition) is 2. The zero-order valence-electron chi connectivity index (χ0n) is 17.4. The van der Waals surface area contributed by atoms with Crippen molar-refractivity contribution in [2.45, 2.75) is 18.9 Å². The molecule has 8 heteroatoms. The molecular formula is C22H27N3O5. The highest BCUT2D eigenvalue weighted by Gasteiger charge is 2.16. The molecule has 8 nitrogen and oxygen atoms in total. The second-order valence-corrected chi connectivity index (χ2v) is 6.74. The highest BCUT2D eigenvalue weighted by molar-refractivity contribution is 6.10. The van der Waals surface area contributed by atoms with E-state index in [-0.39, 0.29) is 12.0 Å². The molecular weight excluding hydrogens is 386 g/mol. The van der Waals surface area contributed by atoms with Gasteiger partial charge in [0.05, 0.1) is 34.0 Å². The van der Waals surface area contributed by atoms with E-state index in [9.17, 15) is 4.79 Å². The second kappa shape index (κ2) is 10.5. The summed E-state index contributed by atoms with van der Waals surface area (Å²) in [5.41, 5.74) is 1.13. The molecule has 2 aromatic carbocycles. The third kappa shape index (κ3) is 5.87. The number of nitrogens with zero attached hydrogens (tertiary/aromatic N) is 1. The normalized spacial score (nSPS) is 16.1. The fourth-order valence-corrected chi connectivity index (χ4v) is 3.05. The Kier molecular flexibility index (Phi) is 7.51. The summed E-state index contributed by atoms with van der Waals surface area (Å²) in [7, 11) is 4.72. The number of benzene rings is 2. The molecule has 2 N–H and O–H groups in total. The number of nitrogens with one attached hydrogen (secondary N) is 2. The molecule has 1 amide bonds. The molecule has 3 rings (SSSR count). The topological polar surface area (TPSA) is 90.4 Å². The molecule has 30 heavy (non-hydrogen) atoms. The predicted molar refractivity (Wildman–Crippen MR) is 115 cm³/mol. The van der Waals surface area contributed by atoms with Gasteiger partial charge in [0.25, 0.3) is 5.91 Å². The van der Waals surface area contributed by atoms with E-state index in [1.165, 1.54) is 0 Å². The SMILES string of the molecule is COc1cc(NC(=NC[C@H]2CCCO2)NC(=O)c2cccc(OC)c2)cc(OC)c1. The van der Waals surface area contributed by atoms with Crippen LogP contribution in [0.4, 0.5) is 5.69 Å². The third-order valence-electron chi connectivity index (χ3n) is 4.66. The molecule has 0 unspecified atom stereocenters. The van der Waals surface area contributed by atoms with Crippen LogP contribution in [0, 0.1) is 0 Å². The van der Waals surface area contributed by atoms with Gasteiger partial charge in [-0.3, -0.25) is 10.1 Å². The monoisotopic (exact) mass is 413 g/mol. The van der Waals surface area contributed by atoms with E-state index in [1.54, 1.807) is 63.8 Å². The van der Waals surface area contributed by atoms with Crippen molar-refractivity contribution in [1.29, 1.82) is 0 Å². The van der Waals surface area contributed by atoms with Crippen LogP contribution in [0.2, 0.25) is 0 Å². The van der Waals surface area contributed by atoms with Gasteiger partial charge in [-0.2, -0.15) is 0 Å². The van der Waals surface area contributed by atoms with Crippen LogP contribution in [-0.2, 0) is 4.74 Å². The van der Waals surface area contributed by atoms with Crippen LogP contribution in [-0.4, -0.2) is 52.5 Å². The summed E-state index contributed by atoms with van der Waals surface area (Å²) >= 11 is 0. The summed E-state index contributed by atoms with van der Waals surface area (Å²) < 4.78 is 21.5. The fraction of sp³-hybridized carbons (Fsp3) is 0.364. The Morgan fingerprint density at radius 2 is 1.80 bits per heavy atom. The van der Waals surface area contributed by atoms with Gasteiger partial charge < -0.3 is 24.3 Å². The summed E-state index contributed by atoms with van der Waals surface area (Å²) in [5.74, 6) is 1.85. The fourth-order valence-electron chi connectivity index (χ4n) is 3.05. The predicted octanol–water partition coefficient (Wildman–Crippen LogP) is 3.09. The number of hydrogen-bond acceptors (Lipinski definition) is 6. The van der Waals surface area contributed by atoms with Crippen LogP contribution < -0.4 is 24.8 Å². The van der Waals surface area contributed by atoms with Gasteiger partial charge in [-0.1, -0.05) is 6.07 Å². The van der Waals surface area contributed by atoms with Crippen LogP contribution in [0.5, 0.6) is 17.2 Å². The molecule has 0 aliphatic carbocycles. The molecule has 1 atom stereocenters. The number of rotatable bonds is 7. The Bertz CT molecular complexity index is 872. The minimum atomic E-state index is -0.303. The van der Waals surface area contributed by atoms with Crippen LogP contribution in [0.3, 0.4) is 0 Å². The van der Waals surface area contributed by atoms with Crippen LogP contribution in [0.25, 0.3) is 0 Å². The number of anilines is 1. The Balaban J connectivity index is 1.81. The van der Waals surface area contributed by atoms with Gasteiger partial charge in [-0.15, -0.1) is 0 Å². The second-order valence-electron chi connectivity index (χ2n) is 6.74. The van der Waals surface area contributed by atoms with E-state index in [0.717, 1.165) is 19.4 Å². The quantitative estimate of drug-likeness (QED) is 0.536. The van der Waals surface area contributed by atoms with E-state index in [4.69, 9.17) is 18.9 Å². The first kappa shape index (κ1) is 21.4. The van der Waals surface area contributed by atoms with Gasteiger partial charge in [-0.25, -0.2) is 4.99 Å². The van der Waals surface area contributed by atoms with Crippen molar-refractivity contribution in [3.8, 4) is 17.2 Å². The average Bonchev–Trinajstić information content (AvgIpc) is 3.30. The van der Waals surface area contributed by atoms with Crippen molar-refractivity contribution in [1.82, 2.24) is 5.32 Å². The zero-order valence-corrected chi connectivity index (χ0v) is 17.4. The van der Waals surface area contributed by atoms with Crippen molar-refractivity contribution < 1.29 is 23.7 Å². The van der Waals surface area contributed by atoms with Crippen molar-refractivity contribution in [3.05, 3.63) is 48.0 Å². The van der Waals surface area contributed by atoms with Gasteiger partial charge in [0.2, 0.25) is 5.96 Å². The first-order valence-electron chi connectivity index (χ1n) is 9.73. The molecule has 1 saturated heterocycles. The number of guanidine groups is 1. The highest BCUT2D eigenvalue weighted by Crippen LogP contribution is 2.25. The standard InChI is InChI=1S/C22H27N3O5/c1-27-17-7-4-6-15(10-17)21(26)25-22(23-14-18-8-5-9-30-18)24-16-11-19(28-2)13-20(12-16)29-3/h4,6-7,10-13,18H,5,8-9,14H2,1-3H3,(H2,23,24,25,26)/t18-/m1/s1. The average molecular weight is 413 g/mol. The van der Waals surface area contributed by atoms with Gasteiger partial charge in [0.15, 0.2) is 0 Å². The number of ether oxygens (including phenoxy) is 4. The Morgan fingerprint density at radius 3 is 2.43 bits per heavy atom. The summed E-state index contributed by atoms with van der Waals surface area (Å²) in [6.45, 7) is 1.19. The molecule has 1 fully saturated rings. The van der Waals surface area contributed by atoms with Crippen molar-refractivity contribution in [2.24, 2.45) is 4.99 Å². The number of amides is 1. The first-order chi connectivity index (χ1) is 14.6. The minimum absolute atomic E-state index is 0.0513. The molecule has 0 saturated carbocycles. The van der Waals surface area contributed by atoms with Gasteiger partial charge >= 0.3 is 0 Å². The number of aliphatic imine (C=N–C) groups is 1. The Morgan fingerprint density at radius 1 is 1.07 bits per heavy atom. The summed E-state index contributed by atoms with van der Waals surface area (Å²) in [5, 5.41) is 5.99. The molecule has 0 radical (unpaired) electrons. The zero-order chi connectivity index (χ0) is 21.3. The van der Waals surface area contributed by atoms with Gasteiger partial charge in [0.1, 0.15) is 17.2 Å². The third-order valence-corrected chi connectivity index (χ3v) is 4.66. The van der Waals surface area contributed by atoms with E-state index in [1.807, 2.05) is 0 Å². The first-order valence-corrected chi connectivity index (χ1v) is 9.73. The van der Waals surface area contributed by atoms with E-state index < -0.39 is 0 Å². The van der Waals surface area contributed by atoms with E-state index >= 15 is 0 Å². The number of carbonyl (C=O) groups excluding carboxylic acids is 1. The molecule has 0 aromatic heterocycles. The number of carbonyl (C=O) groups is 1.